The summed E-state index contributed by atoms with van der Waals surface area (Å²) >= 11 is 3.39. The molecule has 1 nitrogen and oxygen atoms in total. The Bertz CT molecular complexity index is 294. The molecule has 0 fully saturated rings. The first-order chi connectivity index (χ1) is 6.18. The molecule has 0 aromatic heterocycles. The molecule has 0 bridgehead atoms. The van der Waals surface area contributed by atoms with Gasteiger partial charge in [0.15, 0.2) is 0 Å². The van der Waals surface area contributed by atoms with Gasteiger partial charge in [-0.3, -0.25) is 0 Å². The van der Waals surface area contributed by atoms with Gasteiger partial charge in [0.25, 0.3) is 0 Å². The Morgan fingerprint density at radius 3 is 2.92 bits per heavy atom. The maximum atomic E-state index is 5.51. The van der Waals surface area contributed by atoms with E-state index >= 15 is 0 Å². The molecule has 2 heteroatoms. The number of rotatable bonds is 4. The van der Waals surface area contributed by atoms with Crippen molar-refractivity contribution in [1.29, 1.82) is 0 Å². The Kier molecular flexibility index (Phi) is 4.03. The van der Waals surface area contributed by atoms with Gasteiger partial charge in [-0.1, -0.05) is 27.6 Å². The molecule has 0 spiro atoms. The second kappa shape index (κ2) is 5.07. The van der Waals surface area contributed by atoms with E-state index < -0.39 is 0 Å². The number of hydrogen-bond donors (Lipinski definition) is 0. The third kappa shape index (κ3) is 4.13. The van der Waals surface area contributed by atoms with Gasteiger partial charge in [0.05, 0.1) is 6.61 Å². The first kappa shape index (κ1) is 10.3. The van der Waals surface area contributed by atoms with Crippen molar-refractivity contribution in [2.75, 3.05) is 6.61 Å². The van der Waals surface area contributed by atoms with E-state index in [1.165, 1.54) is 0 Å². The monoisotopic (exact) mass is 240 g/mol. The lowest BCUT2D eigenvalue weighted by atomic mass is 10.2. The number of halogens is 1. The van der Waals surface area contributed by atoms with Crippen molar-refractivity contribution in [2.24, 2.45) is 0 Å². The molecule has 0 saturated heterocycles. The van der Waals surface area contributed by atoms with Crippen molar-refractivity contribution < 1.29 is 4.74 Å². The van der Waals surface area contributed by atoms with Crippen molar-refractivity contribution in [3.8, 4) is 5.75 Å². The van der Waals surface area contributed by atoms with Gasteiger partial charge < -0.3 is 4.74 Å². The zero-order chi connectivity index (χ0) is 9.68. The molecule has 0 N–H and O–H groups in total. The van der Waals surface area contributed by atoms with Crippen LogP contribution in [0.2, 0.25) is 0 Å². The molecule has 0 atom stereocenters. The lowest BCUT2D eigenvalue weighted by Crippen LogP contribution is -1.96. The van der Waals surface area contributed by atoms with Gasteiger partial charge >= 0.3 is 0 Å². The SMILES string of the molecule is C=C(C)CCOc1cccc(Br)c1. The van der Waals surface area contributed by atoms with Gasteiger partial charge in [-0.25, -0.2) is 0 Å². The smallest absolute Gasteiger partial charge is 0.120 e. The topological polar surface area (TPSA) is 9.23 Å². The average Bonchev–Trinajstić information content (AvgIpc) is 2.03. The van der Waals surface area contributed by atoms with E-state index in [1.807, 2.05) is 31.2 Å². The normalized spacial score (nSPS) is 9.69. The van der Waals surface area contributed by atoms with Crippen LogP contribution in [0, 0.1) is 0 Å². The molecule has 1 rings (SSSR count). The van der Waals surface area contributed by atoms with E-state index in [0.29, 0.717) is 6.61 Å². The molecule has 0 aliphatic carbocycles. The fourth-order valence-corrected chi connectivity index (χ4v) is 1.28. The van der Waals surface area contributed by atoms with Gasteiger partial charge in [0.2, 0.25) is 0 Å². The van der Waals surface area contributed by atoms with Crippen LogP contribution in [0.4, 0.5) is 0 Å². The second-order valence-electron chi connectivity index (χ2n) is 3.01. The summed E-state index contributed by atoms with van der Waals surface area (Å²) in [6, 6.07) is 7.84. The molecular weight excluding hydrogens is 228 g/mol. The molecule has 0 radical (unpaired) electrons. The lowest BCUT2D eigenvalue weighted by molar-refractivity contribution is 0.321. The summed E-state index contributed by atoms with van der Waals surface area (Å²) in [7, 11) is 0. The molecule has 0 amide bonds. The van der Waals surface area contributed by atoms with Crippen LogP contribution in [0.25, 0.3) is 0 Å². The Morgan fingerprint density at radius 2 is 2.31 bits per heavy atom. The highest BCUT2D eigenvalue weighted by Gasteiger charge is 1.94. The summed E-state index contributed by atoms with van der Waals surface area (Å²) < 4.78 is 6.55. The third-order valence-corrected chi connectivity index (χ3v) is 2.09. The molecule has 13 heavy (non-hydrogen) atoms. The Labute approximate surface area is 87.5 Å². The molecule has 0 heterocycles. The largest absolute Gasteiger partial charge is 0.493 e. The van der Waals surface area contributed by atoms with Crippen LogP contribution in [0.1, 0.15) is 13.3 Å². The second-order valence-corrected chi connectivity index (χ2v) is 3.93. The van der Waals surface area contributed by atoms with Gasteiger partial charge in [-0.15, -0.1) is 6.58 Å². The fraction of sp³-hybridized carbons (Fsp3) is 0.273. The summed E-state index contributed by atoms with van der Waals surface area (Å²) in [6.07, 6.45) is 0.909. The maximum absolute atomic E-state index is 5.51. The minimum atomic E-state index is 0.700. The minimum absolute atomic E-state index is 0.700. The number of ether oxygens (including phenoxy) is 1. The summed E-state index contributed by atoms with van der Waals surface area (Å²) in [6.45, 7) is 6.52. The van der Waals surface area contributed by atoms with Crippen LogP contribution in [0.5, 0.6) is 5.75 Å². The maximum Gasteiger partial charge on any atom is 0.120 e. The Hall–Kier alpha value is -0.760. The third-order valence-electron chi connectivity index (χ3n) is 1.59. The molecule has 0 aliphatic rings. The van der Waals surface area contributed by atoms with Crippen molar-refractivity contribution >= 4 is 15.9 Å². The van der Waals surface area contributed by atoms with E-state index in [1.54, 1.807) is 0 Å². The minimum Gasteiger partial charge on any atom is -0.493 e. The zero-order valence-electron chi connectivity index (χ0n) is 7.72. The predicted molar refractivity (Wildman–Crippen MR) is 59.1 cm³/mol. The molecule has 1 aromatic rings. The van der Waals surface area contributed by atoms with Crippen LogP contribution in [0.3, 0.4) is 0 Å². The predicted octanol–water partition coefficient (Wildman–Crippen LogP) is 3.79. The number of benzene rings is 1. The van der Waals surface area contributed by atoms with Gasteiger partial charge in [0.1, 0.15) is 5.75 Å². The summed E-state index contributed by atoms with van der Waals surface area (Å²) in [5.41, 5.74) is 1.15. The number of hydrogen-bond acceptors (Lipinski definition) is 1. The Morgan fingerprint density at radius 1 is 1.54 bits per heavy atom. The van der Waals surface area contributed by atoms with Gasteiger partial charge in [-0.2, -0.15) is 0 Å². The summed E-state index contributed by atoms with van der Waals surface area (Å²) in [5.74, 6) is 0.899. The van der Waals surface area contributed by atoms with Crippen LogP contribution >= 0.6 is 15.9 Å². The average molecular weight is 241 g/mol. The van der Waals surface area contributed by atoms with E-state index in [0.717, 1.165) is 22.2 Å². The van der Waals surface area contributed by atoms with E-state index in [9.17, 15) is 0 Å². The summed E-state index contributed by atoms with van der Waals surface area (Å²) in [5, 5.41) is 0. The van der Waals surface area contributed by atoms with Crippen molar-refractivity contribution in [3.05, 3.63) is 40.9 Å². The Balaban J connectivity index is 2.41. The van der Waals surface area contributed by atoms with Crippen molar-refractivity contribution in [3.63, 3.8) is 0 Å². The van der Waals surface area contributed by atoms with Crippen LogP contribution < -0.4 is 4.74 Å². The van der Waals surface area contributed by atoms with Gasteiger partial charge in [0, 0.05) is 10.9 Å². The first-order valence-electron chi connectivity index (χ1n) is 4.21. The molecule has 0 unspecified atom stereocenters. The quantitative estimate of drug-likeness (QED) is 0.728. The summed E-state index contributed by atoms with van der Waals surface area (Å²) in [4.78, 5) is 0. The fourth-order valence-electron chi connectivity index (χ4n) is 0.900. The molecule has 0 aliphatic heterocycles. The van der Waals surface area contributed by atoms with E-state index in [2.05, 4.69) is 22.5 Å². The van der Waals surface area contributed by atoms with Crippen molar-refractivity contribution in [1.82, 2.24) is 0 Å². The zero-order valence-corrected chi connectivity index (χ0v) is 9.30. The van der Waals surface area contributed by atoms with Crippen LogP contribution in [-0.2, 0) is 0 Å². The lowest BCUT2D eigenvalue weighted by Gasteiger charge is -2.05. The highest BCUT2D eigenvalue weighted by Crippen LogP contribution is 2.17. The highest BCUT2D eigenvalue weighted by atomic mass is 79.9. The van der Waals surface area contributed by atoms with Crippen LogP contribution in [-0.4, -0.2) is 6.61 Å². The van der Waals surface area contributed by atoms with Crippen molar-refractivity contribution in [2.45, 2.75) is 13.3 Å². The molecular formula is C11H13BrO. The van der Waals surface area contributed by atoms with Crippen LogP contribution in [0.15, 0.2) is 40.9 Å². The van der Waals surface area contributed by atoms with E-state index in [-0.39, 0.29) is 0 Å². The highest BCUT2D eigenvalue weighted by molar-refractivity contribution is 9.10. The molecule has 0 saturated carbocycles. The standard InChI is InChI=1S/C11H13BrO/c1-9(2)6-7-13-11-5-3-4-10(12)8-11/h3-5,8H,1,6-7H2,2H3. The molecule has 70 valence electrons. The van der Waals surface area contributed by atoms with Gasteiger partial charge in [-0.05, 0) is 25.1 Å². The first-order valence-corrected chi connectivity index (χ1v) is 5.00. The molecule has 1 aromatic carbocycles. The van der Waals surface area contributed by atoms with E-state index in [4.69, 9.17) is 4.74 Å².